The predicted molar refractivity (Wildman–Crippen MR) is 85.8 cm³/mol. The number of carboxylic acids is 1. The van der Waals surface area contributed by atoms with Crippen LogP contribution in [0.25, 0.3) is 0 Å². The minimum absolute atomic E-state index is 0.170. The highest BCUT2D eigenvalue weighted by atomic mass is 127. The van der Waals surface area contributed by atoms with E-state index in [0.29, 0.717) is 16.1 Å². The Balaban J connectivity index is 2.37. The van der Waals surface area contributed by atoms with Gasteiger partial charge in [-0.2, -0.15) is 0 Å². The van der Waals surface area contributed by atoms with Gasteiger partial charge in [-0.3, -0.25) is 0 Å². The summed E-state index contributed by atoms with van der Waals surface area (Å²) in [7, 11) is 0. The van der Waals surface area contributed by atoms with Crippen molar-refractivity contribution in [3.63, 3.8) is 0 Å². The highest BCUT2D eigenvalue weighted by Gasteiger charge is 2.11. The second-order valence-electron chi connectivity index (χ2n) is 3.49. The minimum Gasteiger partial charge on any atom is -0.478 e. The fourth-order valence-electron chi connectivity index (χ4n) is 1.30. The Morgan fingerprint density at radius 1 is 1.32 bits per heavy atom. The van der Waals surface area contributed by atoms with E-state index in [1.165, 1.54) is 12.1 Å². The number of aromatic carboxylic acids is 1. The minimum atomic E-state index is -0.996. The molecule has 2 aromatic rings. The Morgan fingerprint density at radius 2 is 2.05 bits per heavy atom. The lowest BCUT2D eigenvalue weighted by atomic mass is 10.2. The second kappa shape index (κ2) is 6.19. The largest absolute Gasteiger partial charge is 0.478 e. The number of carboxylic acid groups (broad SMARTS) is 1. The van der Waals surface area contributed by atoms with E-state index >= 15 is 0 Å². The van der Waals surface area contributed by atoms with Crippen LogP contribution in [0.2, 0.25) is 0 Å². The van der Waals surface area contributed by atoms with Crippen molar-refractivity contribution in [2.75, 3.05) is 0 Å². The molecule has 0 unspecified atom stereocenters. The van der Waals surface area contributed by atoms with Crippen LogP contribution in [0.4, 0.5) is 0 Å². The van der Waals surface area contributed by atoms with Crippen LogP contribution in [-0.2, 0) is 0 Å². The number of benzene rings is 1. The summed E-state index contributed by atoms with van der Waals surface area (Å²) in [6.07, 6.45) is 1.61. The van der Waals surface area contributed by atoms with Gasteiger partial charge in [0.25, 0.3) is 0 Å². The van der Waals surface area contributed by atoms with Crippen LogP contribution < -0.4 is 4.74 Å². The lowest BCUT2D eigenvalue weighted by molar-refractivity contribution is 0.0696. The summed E-state index contributed by atoms with van der Waals surface area (Å²) in [6, 6.07) is 6.49. The van der Waals surface area contributed by atoms with Gasteiger partial charge in [0.05, 0.1) is 13.6 Å². The maximum absolute atomic E-state index is 10.9. The molecule has 0 aliphatic carbocycles. The zero-order chi connectivity index (χ0) is 14.0. The molecule has 0 atom stereocenters. The molecule has 0 saturated carbocycles. The Bertz CT molecular complexity index is 649. The first-order valence-corrected chi connectivity index (χ1v) is 7.65. The summed E-state index contributed by atoms with van der Waals surface area (Å²) >= 11 is 8.72. The van der Waals surface area contributed by atoms with E-state index < -0.39 is 5.97 Å². The molecule has 0 amide bonds. The molecule has 1 heterocycles. The SMILES string of the molecule is O=C(O)c1ccc(I)c(Oc2ncc(Br)cc2Br)c1. The molecule has 0 fully saturated rings. The zero-order valence-electron chi connectivity index (χ0n) is 9.23. The third-order valence-corrected chi connectivity index (χ3v) is 4.05. The van der Waals surface area contributed by atoms with E-state index in [-0.39, 0.29) is 5.56 Å². The highest BCUT2D eigenvalue weighted by Crippen LogP contribution is 2.32. The molecule has 2 rings (SSSR count). The third kappa shape index (κ3) is 3.67. The van der Waals surface area contributed by atoms with Gasteiger partial charge in [0.1, 0.15) is 5.75 Å². The van der Waals surface area contributed by atoms with Crippen molar-refractivity contribution in [2.45, 2.75) is 0 Å². The van der Waals surface area contributed by atoms with Gasteiger partial charge < -0.3 is 9.84 Å². The maximum Gasteiger partial charge on any atom is 0.335 e. The Labute approximate surface area is 139 Å². The molecule has 0 aliphatic rings. The summed E-state index contributed by atoms with van der Waals surface area (Å²) < 4.78 is 7.94. The fourth-order valence-corrected chi connectivity index (χ4v) is 2.81. The van der Waals surface area contributed by atoms with Crippen molar-refractivity contribution in [3.05, 3.63) is 48.5 Å². The van der Waals surface area contributed by atoms with Crippen molar-refractivity contribution in [2.24, 2.45) is 0 Å². The van der Waals surface area contributed by atoms with Gasteiger partial charge in [-0.1, -0.05) is 0 Å². The van der Waals surface area contributed by atoms with Gasteiger partial charge in [-0.15, -0.1) is 0 Å². The molecule has 1 N–H and O–H groups in total. The molecular weight excluding hydrogens is 493 g/mol. The van der Waals surface area contributed by atoms with Crippen molar-refractivity contribution >= 4 is 60.4 Å². The first kappa shape index (κ1) is 14.7. The quantitative estimate of drug-likeness (QED) is 0.623. The third-order valence-electron chi connectivity index (χ3n) is 2.16. The first-order valence-electron chi connectivity index (χ1n) is 4.99. The number of ether oxygens (including phenoxy) is 1. The van der Waals surface area contributed by atoms with Gasteiger partial charge in [-0.25, -0.2) is 9.78 Å². The average Bonchev–Trinajstić information content (AvgIpc) is 2.34. The van der Waals surface area contributed by atoms with E-state index in [1.807, 2.05) is 0 Å². The number of hydrogen-bond donors (Lipinski definition) is 1. The van der Waals surface area contributed by atoms with Crippen LogP contribution in [0.1, 0.15) is 10.4 Å². The molecule has 0 spiro atoms. The second-order valence-corrected chi connectivity index (χ2v) is 6.43. The number of aromatic nitrogens is 1. The molecule has 98 valence electrons. The zero-order valence-corrected chi connectivity index (χ0v) is 14.6. The van der Waals surface area contributed by atoms with Gasteiger partial charge in [0.2, 0.25) is 5.88 Å². The molecule has 1 aromatic carbocycles. The van der Waals surface area contributed by atoms with Crippen molar-refractivity contribution < 1.29 is 14.6 Å². The first-order chi connectivity index (χ1) is 8.97. The van der Waals surface area contributed by atoms with Gasteiger partial charge in [0, 0.05) is 10.7 Å². The molecule has 0 bridgehead atoms. The number of pyridine rings is 1. The number of rotatable bonds is 3. The number of nitrogens with zero attached hydrogens (tertiary/aromatic N) is 1. The molecule has 7 heteroatoms. The fraction of sp³-hybridized carbons (Fsp3) is 0. The topological polar surface area (TPSA) is 59.4 Å². The van der Waals surface area contributed by atoms with Crippen LogP contribution in [0, 0.1) is 3.57 Å². The summed E-state index contributed by atoms with van der Waals surface area (Å²) in [4.78, 5) is 15.1. The standard InChI is InChI=1S/C12H6Br2INO3/c13-7-4-8(14)11(16-5-7)19-10-3-6(12(17)18)1-2-9(10)15/h1-5H,(H,17,18). The molecule has 4 nitrogen and oxygen atoms in total. The van der Waals surface area contributed by atoms with Gasteiger partial charge in [-0.05, 0) is 78.7 Å². The van der Waals surface area contributed by atoms with E-state index in [9.17, 15) is 4.79 Å². The molecule has 0 aliphatic heterocycles. The van der Waals surface area contributed by atoms with Crippen molar-refractivity contribution in [1.82, 2.24) is 4.98 Å². The van der Waals surface area contributed by atoms with E-state index in [2.05, 4.69) is 59.4 Å². The number of halogens is 3. The number of hydrogen-bond acceptors (Lipinski definition) is 3. The molecular formula is C12H6Br2INO3. The van der Waals surface area contributed by atoms with E-state index in [1.54, 1.807) is 18.3 Å². The van der Waals surface area contributed by atoms with E-state index in [0.717, 1.165) is 8.04 Å². The Hall–Kier alpha value is -0.670. The predicted octanol–water partition coefficient (Wildman–Crippen LogP) is 4.70. The summed E-state index contributed by atoms with van der Waals surface area (Å²) in [6.45, 7) is 0. The molecule has 19 heavy (non-hydrogen) atoms. The van der Waals surface area contributed by atoms with Crippen molar-refractivity contribution in [1.29, 1.82) is 0 Å². The van der Waals surface area contributed by atoms with Crippen LogP contribution in [0.5, 0.6) is 11.6 Å². The summed E-state index contributed by atoms with van der Waals surface area (Å²) in [5.41, 5.74) is 0.170. The molecule has 0 radical (unpaired) electrons. The van der Waals surface area contributed by atoms with Crippen molar-refractivity contribution in [3.8, 4) is 11.6 Å². The van der Waals surface area contributed by atoms with Gasteiger partial charge >= 0.3 is 5.97 Å². The smallest absolute Gasteiger partial charge is 0.335 e. The summed E-state index contributed by atoms with van der Waals surface area (Å²) in [5, 5.41) is 8.97. The van der Waals surface area contributed by atoms with Crippen LogP contribution in [-0.4, -0.2) is 16.1 Å². The molecule has 1 aromatic heterocycles. The maximum atomic E-state index is 10.9. The summed E-state index contributed by atoms with van der Waals surface area (Å²) in [5.74, 6) is -0.163. The number of carbonyl (C=O) groups is 1. The van der Waals surface area contributed by atoms with Crippen LogP contribution in [0.3, 0.4) is 0 Å². The van der Waals surface area contributed by atoms with Crippen LogP contribution in [0.15, 0.2) is 39.4 Å². The van der Waals surface area contributed by atoms with Crippen LogP contribution >= 0.6 is 54.5 Å². The lowest BCUT2D eigenvalue weighted by Crippen LogP contribution is -1.98. The monoisotopic (exact) mass is 497 g/mol. The average molecular weight is 499 g/mol. The molecule has 0 saturated heterocycles. The highest BCUT2D eigenvalue weighted by molar-refractivity contribution is 14.1. The van der Waals surface area contributed by atoms with Gasteiger partial charge in [0.15, 0.2) is 0 Å². The van der Waals surface area contributed by atoms with E-state index in [4.69, 9.17) is 9.84 Å². The normalized spacial score (nSPS) is 10.3. The Morgan fingerprint density at radius 3 is 2.68 bits per heavy atom. The lowest BCUT2D eigenvalue weighted by Gasteiger charge is -2.09. The Kier molecular flexibility index (Phi) is 4.80.